The van der Waals surface area contributed by atoms with Crippen molar-refractivity contribution in [3.05, 3.63) is 53.5 Å². The van der Waals surface area contributed by atoms with E-state index in [0.717, 1.165) is 22.9 Å². The molecule has 4 nitrogen and oxygen atoms in total. The number of rotatable bonds is 5. The predicted molar refractivity (Wildman–Crippen MR) is 80.7 cm³/mol. The van der Waals surface area contributed by atoms with Gasteiger partial charge < -0.3 is 10.4 Å². The molecule has 0 bridgehead atoms. The quantitative estimate of drug-likeness (QED) is 0.877. The lowest BCUT2D eigenvalue weighted by Crippen LogP contribution is -2.16. The van der Waals surface area contributed by atoms with Crippen LogP contribution in [0.5, 0.6) is 0 Å². The molecule has 4 heteroatoms. The van der Waals surface area contributed by atoms with Crippen molar-refractivity contribution in [3.8, 4) is 0 Å². The summed E-state index contributed by atoms with van der Waals surface area (Å²) in [5, 5.41) is 12.9. The zero-order valence-electron chi connectivity index (χ0n) is 12.2. The van der Waals surface area contributed by atoms with E-state index in [-0.39, 0.29) is 18.6 Å². The lowest BCUT2D eigenvalue weighted by atomic mass is 10.1. The highest BCUT2D eigenvalue weighted by Gasteiger charge is 2.12. The summed E-state index contributed by atoms with van der Waals surface area (Å²) < 4.78 is 0. The Labute approximate surface area is 119 Å². The van der Waals surface area contributed by atoms with Crippen LogP contribution in [0.2, 0.25) is 0 Å². The Hall–Kier alpha value is -1.94. The fourth-order valence-corrected chi connectivity index (χ4v) is 2.02. The molecule has 1 aromatic carbocycles. The van der Waals surface area contributed by atoms with E-state index in [2.05, 4.69) is 29.1 Å². The fraction of sp³-hybridized carbons (Fsp3) is 0.375. The third kappa shape index (κ3) is 3.54. The number of hydrogen-bond acceptors (Lipinski definition) is 4. The summed E-state index contributed by atoms with van der Waals surface area (Å²) in [7, 11) is 0. The van der Waals surface area contributed by atoms with E-state index in [4.69, 9.17) is 0 Å². The molecule has 0 radical (unpaired) electrons. The second-order valence-electron chi connectivity index (χ2n) is 5.20. The Bertz CT molecular complexity index is 555. The van der Waals surface area contributed by atoms with Crippen molar-refractivity contribution in [1.82, 2.24) is 9.97 Å². The first-order chi connectivity index (χ1) is 9.60. The third-order valence-corrected chi connectivity index (χ3v) is 3.09. The van der Waals surface area contributed by atoms with Gasteiger partial charge in [-0.15, -0.1) is 0 Å². The van der Waals surface area contributed by atoms with Crippen LogP contribution in [0.25, 0.3) is 0 Å². The third-order valence-electron chi connectivity index (χ3n) is 3.09. The van der Waals surface area contributed by atoms with E-state index in [9.17, 15) is 5.11 Å². The van der Waals surface area contributed by atoms with E-state index in [1.54, 1.807) is 0 Å². The van der Waals surface area contributed by atoms with Crippen molar-refractivity contribution >= 4 is 5.82 Å². The molecule has 0 saturated heterocycles. The molecule has 1 unspecified atom stereocenters. The first-order valence-electron chi connectivity index (χ1n) is 6.88. The lowest BCUT2D eigenvalue weighted by molar-refractivity contribution is 0.276. The van der Waals surface area contributed by atoms with Gasteiger partial charge in [-0.25, -0.2) is 9.97 Å². The Morgan fingerprint density at radius 2 is 1.85 bits per heavy atom. The molecular formula is C16H21N3O. The van der Waals surface area contributed by atoms with E-state index in [1.165, 1.54) is 0 Å². The van der Waals surface area contributed by atoms with Gasteiger partial charge in [0.15, 0.2) is 0 Å². The largest absolute Gasteiger partial charge is 0.394 e. The van der Waals surface area contributed by atoms with Crippen LogP contribution in [-0.2, 0) is 0 Å². The van der Waals surface area contributed by atoms with Crippen LogP contribution in [0.15, 0.2) is 36.4 Å². The normalized spacial score (nSPS) is 12.4. The Balaban J connectivity index is 2.24. The molecular weight excluding hydrogens is 250 g/mol. The number of nitrogens with zero attached hydrogens (tertiary/aromatic N) is 2. The van der Waals surface area contributed by atoms with Gasteiger partial charge in [0, 0.05) is 17.7 Å². The number of aromatic nitrogens is 2. The standard InChI is InChI=1S/C16H21N3O/c1-11(2)16-17-12(3)9-15(19-16)18-14(10-20)13-7-5-4-6-8-13/h4-9,11,14,20H,10H2,1-3H3,(H,17,18,19). The van der Waals surface area contributed by atoms with Gasteiger partial charge >= 0.3 is 0 Å². The van der Waals surface area contributed by atoms with Gasteiger partial charge in [0.25, 0.3) is 0 Å². The number of aliphatic hydroxyl groups is 1. The molecule has 0 spiro atoms. The Morgan fingerprint density at radius 1 is 1.15 bits per heavy atom. The van der Waals surface area contributed by atoms with Gasteiger partial charge in [0.1, 0.15) is 11.6 Å². The second kappa shape index (κ2) is 6.48. The Kier molecular flexibility index (Phi) is 4.69. The first-order valence-corrected chi connectivity index (χ1v) is 6.88. The summed E-state index contributed by atoms with van der Waals surface area (Å²) in [5.41, 5.74) is 1.97. The summed E-state index contributed by atoms with van der Waals surface area (Å²) in [6.45, 7) is 6.11. The van der Waals surface area contributed by atoms with Gasteiger partial charge in [-0.05, 0) is 12.5 Å². The van der Waals surface area contributed by atoms with Crippen molar-refractivity contribution in [2.45, 2.75) is 32.7 Å². The van der Waals surface area contributed by atoms with Gasteiger partial charge in [0.05, 0.1) is 12.6 Å². The smallest absolute Gasteiger partial charge is 0.133 e. The lowest BCUT2D eigenvalue weighted by Gasteiger charge is -2.18. The van der Waals surface area contributed by atoms with Crippen molar-refractivity contribution < 1.29 is 5.11 Å². The van der Waals surface area contributed by atoms with Crippen LogP contribution in [0.3, 0.4) is 0 Å². The van der Waals surface area contributed by atoms with Crippen molar-refractivity contribution in [2.75, 3.05) is 11.9 Å². The molecule has 20 heavy (non-hydrogen) atoms. The van der Waals surface area contributed by atoms with Gasteiger partial charge in [-0.1, -0.05) is 44.2 Å². The maximum absolute atomic E-state index is 9.58. The van der Waals surface area contributed by atoms with Crippen LogP contribution >= 0.6 is 0 Å². The van der Waals surface area contributed by atoms with Gasteiger partial charge in [0.2, 0.25) is 0 Å². The molecule has 2 aromatic rings. The van der Waals surface area contributed by atoms with Crippen molar-refractivity contribution in [2.24, 2.45) is 0 Å². The highest BCUT2D eigenvalue weighted by Crippen LogP contribution is 2.20. The van der Waals surface area contributed by atoms with E-state index < -0.39 is 0 Å². The van der Waals surface area contributed by atoms with Crippen LogP contribution in [0, 0.1) is 6.92 Å². The first kappa shape index (κ1) is 14.5. The van der Waals surface area contributed by atoms with Crippen molar-refractivity contribution in [3.63, 3.8) is 0 Å². The van der Waals surface area contributed by atoms with Gasteiger partial charge in [-0.2, -0.15) is 0 Å². The number of aliphatic hydroxyl groups excluding tert-OH is 1. The molecule has 1 atom stereocenters. The highest BCUT2D eigenvalue weighted by atomic mass is 16.3. The van der Waals surface area contributed by atoms with Gasteiger partial charge in [-0.3, -0.25) is 0 Å². The van der Waals surface area contributed by atoms with Crippen LogP contribution in [0.4, 0.5) is 5.82 Å². The number of hydrogen-bond donors (Lipinski definition) is 2. The van der Waals surface area contributed by atoms with Crippen LogP contribution in [0.1, 0.15) is 42.9 Å². The minimum absolute atomic E-state index is 0.0179. The second-order valence-corrected chi connectivity index (χ2v) is 5.20. The predicted octanol–water partition coefficient (Wildman–Crippen LogP) is 3.05. The minimum atomic E-state index is -0.162. The number of aryl methyl sites for hydroxylation is 1. The maximum atomic E-state index is 9.58. The molecule has 0 amide bonds. The zero-order chi connectivity index (χ0) is 14.5. The van der Waals surface area contributed by atoms with Crippen molar-refractivity contribution in [1.29, 1.82) is 0 Å². The molecule has 1 heterocycles. The van der Waals surface area contributed by atoms with E-state index in [1.807, 2.05) is 43.3 Å². The molecule has 106 valence electrons. The average molecular weight is 271 g/mol. The minimum Gasteiger partial charge on any atom is -0.394 e. The molecule has 0 aliphatic rings. The monoisotopic (exact) mass is 271 g/mol. The summed E-state index contributed by atoms with van der Waals surface area (Å²) in [6.07, 6.45) is 0. The maximum Gasteiger partial charge on any atom is 0.133 e. The van der Waals surface area contributed by atoms with E-state index in [0.29, 0.717) is 0 Å². The molecule has 0 saturated carbocycles. The molecule has 0 aliphatic carbocycles. The molecule has 2 N–H and O–H groups in total. The molecule has 0 aliphatic heterocycles. The Morgan fingerprint density at radius 3 is 2.45 bits per heavy atom. The summed E-state index contributed by atoms with van der Waals surface area (Å²) in [5.74, 6) is 1.85. The van der Waals surface area contributed by atoms with Crippen LogP contribution in [-0.4, -0.2) is 21.7 Å². The molecule has 2 rings (SSSR count). The molecule has 1 aromatic heterocycles. The topological polar surface area (TPSA) is 58.0 Å². The molecule has 0 fully saturated rings. The zero-order valence-corrected chi connectivity index (χ0v) is 12.2. The summed E-state index contributed by atoms with van der Waals surface area (Å²) >= 11 is 0. The summed E-state index contributed by atoms with van der Waals surface area (Å²) in [4.78, 5) is 8.94. The SMILES string of the molecule is Cc1cc(NC(CO)c2ccccc2)nc(C(C)C)n1. The number of benzene rings is 1. The average Bonchev–Trinajstić information content (AvgIpc) is 2.45. The van der Waals surface area contributed by atoms with E-state index >= 15 is 0 Å². The summed E-state index contributed by atoms with van der Waals surface area (Å²) in [6, 6.07) is 11.6. The van der Waals surface area contributed by atoms with Crippen LogP contribution < -0.4 is 5.32 Å². The number of anilines is 1. The fourth-order valence-electron chi connectivity index (χ4n) is 2.02. The number of nitrogens with one attached hydrogen (secondary N) is 1. The highest BCUT2D eigenvalue weighted by molar-refractivity contribution is 5.40.